The molecular formula is C25H27BN-. The zero-order chi connectivity index (χ0) is 19.8. The summed E-state index contributed by atoms with van der Waals surface area (Å²) >= 11 is 0. The van der Waals surface area contributed by atoms with Crippen molar-refractivity contribution in [2.45, 2.75) is 41.5 Å². The van der Waals surface area contributed by atoms with Gasteiger partial charge < -0.3 is 0 Å². The van der Waals surface area contributed by atoms with Gasteiger partial charge in [0, 0.05) is 0 Å². The molecule has 0 N–H and O–H groups in total. The van der Waals surface area contributed by atoms with E-state index >= 15 is 0 Å². The largest absolute Gasteiger partial charge is 0.248 e. The van der Waals surface area contributed by atoms with E-state index in [2.05, 4.69) is 83.9 Å². The number of benzene rings is 3. The number of nitrogens with zero attached hydrogens (tertiary/aromatic N) is 1. The minimum atomic E-state index is -1.72. The standard InChI is InChI=1S/C25H27BN/c1-17-12-19(3)24(20(4)13-17)26(16-27,23-10-8-7-9-11-23)25-21(5)14-18(2)15-22(25)6/h7-15H,1-6H3/q-1. The molecule has 3 aromatic rings. The predicted octanol–water partition coefficient (Wildman–Crippen LogP) is 4.07. The summed E-state index contributed by atoms with van der Waals surface area (Å²) in [7, 11) is 0. The summed E-state index contributed by atoms with van der Waals surface area (Å²) in [6.07, 6.45) is -1.72. The molecule has 0 aliphatic rings. The van der Waals surface area contributed by atoms with Crippen molar-refractivity contribution in [1.82, 2.24) is 0 Å². The van der Waals surface area contributed by atoms with Crippen molar-refractivity contribution in [2.24, 2.45) is 0 Å². The molecule has 0 amide bonds. The highest BCUT2D eigenvalue weighted by molar-refractivity contribution is 7.17. The average Bonchev–Trinajstić information content (AvgIpc) is 2.59. The Balaban J connectivity index is 2.53. The lowest BCUT2D eigenvalue weighted by molar-refractivity contribution is 1.33. The van der Waals surface area contributed by atoms with Crippen LogP contribution < -0.4 is 16.4 Å². The number of hydrogen-bond acceptors (Lipinski definition) is 1. The van der Waals surface area contributed by atoms with Crippen LogP contribution in [0.25, 0.3) is 0 Å². The molecule has 0 aromatic heterocycles. The topological polar surface area (TPSA) is 23.8 Å². The van der Waals surface area contributed by atoms with E-state index in [9.17, 15) is 5.26 Å². The Morgan fingerprint density at radius 1 is 0.630 bits per heavy atom. The first-order valence-corrected chi connectivity index (χ1v) is 9.60. The highest BCUT2D eigenvalue weighted by atomic mass is 14.3. The fourth-order valence-electron chi connectivity index (χ4n) is 5.17. The molecular weight excluding hydrogens is 325 g/mol. The molecule has 2 heteroatoms. The van der Waals surface area contributed by atoms with Crippen LogP contribution >= 0.6 is 0 Å². The Bertz CT molecular complexity index is 938. The lowest BCUT2D eigenvalue weighted by atomic mass is 9.15. The summed E-state index contributed by atoms with van der Waals surface area (Å²) < 4.78 is 0. The van der Waals surface area contributed by atoms with Crippen molar-refractivity contribution in [3.8, 4) is 5.97 Å². The normalized spacial score (nSPS) is 11.3. The van der Waals surface area contributed by atoms with Gasteiger partial charge in [0.25, 0.3) is 0 Å². The van der Waals surface area contributed by atoms with Crippen LogP contribution in [0.1, 0.15) is 33.4 Å². The van der Waals surface area contributed by atoms with Crippen LogP contribution in [-0.2, 0) is 0 Å². The first-order valence-electron chi connectivity index (χ1n) is 9.60. The maximum Gasteiger partial charge on any atom is 0.184 e. The van der Waals surface area contributed by atoms with Gasteiger partial charge in [-0.2, -0.15) is 16.4 Å². The third-order valence-electron chi connectivity index (χ3n) is 5.84. The van der Waals surface area contributed by atoms with Crippen LogP contribution in [0.2, 0.25) is 0 Å². The zero-order valence-corrected chi connectivity index (χ0v) is 17.2. The van der Waals surface area contributed by atoms with Crippen molar-refractivity contribution < 1.29 is 0 Å². The van der Waals surface area contributed by atoms with Gasteiger partial charge in [-0.1, -0.05) is 88.0 Å². The summed E-state index contributed by atoms with van der Waals surface area (Å²) in [6.45, 7) is 12.8. The minimum Gasteiger partial charge on any atom is -0.248 e. The number of hydrogen-bond donors (Lipinski definition) is 0. The molecule has 0 aliphatic heterocycles. The van der Waals surface area contributed by atoms with Crippen molar-refractivity contribution in [2.75, 3.05) is 0 Å². The van der Waals surface area contributed by atoms with Crippen molar-refractivity contribution in [3.05, 3.63) is 88.0 Å². The molecule has 27 heavy (non-hydrogen) atoms. The van der Waals surface area contributed by atoms with E-state index in [1.54, 1.807) is 0 Å². The van der Waals surface area contributed by atoms with Gasteiger partial charge in [0.2, 0.25) is 0 Å². The van der Waals surface area contributed by atoms with Gasteiger partial charge in [0.05, 0.1) is 0 Å². The summed E-state index contributed by atoms with van der Waals surface area (Å²) in [5.74, 6) is 2.83. The van der Waals surface area contributed by atoms with Crippen LogP contribution in [0.4, 0.5) is 0 Å². The Morgan fingerprint density at radius 2 is 1.00 bits per heavy atom. The second-order valence-electron chi connectivity index (χ2n) is 8.03. The van der Waals surface area contributed by atoms with Gasteiger partial charge in [-0.3, -0.25) is 0 Å². The first kappa shape index (κ1) is 19.0. The van der Waals surface area contributed by atoms with Gasteiger partial charge in [0.1, 0.15) is 0 Å². The van der Waals surface area contributed by atoms with Crippen molar-refractivity contribution in [3.63, 3.8) is 0 Å². The van der Waals surface area contributed by atoms with E-state index in [1.807, 2.05) is 18.2 Å². The number of aryl methyl sites for hydroxylation is 6. The van der Waals surface area contributed by atoms with Crippen LogP contribution in [0.3, 0.4) is 0 Å². The molecule has 0 spiro atoms. The van der Waals surface area contributed by atoms with E-state index in [0.29, 0.717) is 0 Å². The third-order valence-corrected chi connectivity index (χ3v) is 5.84. The predicted molar refractivity (Wildman–Crippen MR) is 118 cm³/mol. The zero-order valence-electron chi connectivity index (χ0n) is 17.2. The second-order valence-corrected chi connectivity index (χ2v) is 8.03. The van der Waals surface area contributed by atoms with Gasteiger partial charge >= 0.3 is 0 Å². The molecule has 0 radical (unpaired) electrons. The molecule has 136 valence electrons. The van der Waals surface area contributed by atoms with E-state index < -0.39 is 6.15 Å². The Morgan fingerprint density at radius 3 is 1.33 bits per heavy atom. The van der Waals surface area contributed by atoms with Crippen LogP contribution in [-0.4, -0.2) is 6.15 Å². The fraction of sp³-hybridized carbons (Fsp3) is 0.240. The Kier molecular flexibility index (Phi) is 4.98. The number of rotatable bonds is 3. The summed E-state index contributed by atoms with van der Waals surface area (Å²) in [4.78, 5) is 0. The Hall–Kier alpha value is -2.79. The van der Waals surface area contributed by atoms with Crippen LogP contribution in [0, 0.1) is 52.8 Å². The third kappa shape index (κ3) is 3.08. The van der Waals surface area contributed by atoms with Gasteiger partial charge in [0.15, 0.2) is 6.15 Å². The number of nitriles is 1. The molecule has 0 heterocycles. The maximum atomic E-state index is 10.8. The monoisotopic (exact) mass is 352 g/mol. The average molecular weight is 352 g/mol. The molecule has 3 aromatic carbocycles. The van der Waals surface area contributed by atoms with Gasteiger partial charge in [-0.25, -0.2) is 5.26 Å². The SMILES string of the molecule is Cc1cc(C)c([B-](C#N)(c2ccccc2)c2c(C)cc(C)cc2C)c(C)c1. The molecule has 0 bridgehead atoms. The summed E-state index contributed by atoms with van der Waals surface area (Å²) in [5.41, 5.74) is 10.7. The molecule has 0 atom stereocenters. The minimum absolute atomic E-state index is 1.09. The highest BCUT2D eigenvalue weighted by Crippen LogP contribution is 2.18. The molecule has 0 aliphatic carbocycles. The van der Waals surface area contributed by atoms with Gasteiger partial charge in [-0.05, 0) is 41.5 Å². The highest BCUT2D eigenvalue weighted by Gasteiger charge is 2.34. The lowest BCUT2D eigenvalue weighted by Crippen LogP contribution is -2.69. The molecule has 0 saturated heterocycles. The second kappa shape index (κ2) is 7.08. The maximum absolute atomic E-state index is 10.8. The smallest absolute Gasteiger partial charge is 0.184 e. The fourth-order valence-corrected chi connectivity index (χ4v) is 5.17. The van der Waals surface area contributed by atoms with E-state index in [-0.39, 0.29) is 0 Å². The molecule has 0 saturated carbocycles. The van der Waals surface area contributed by atoms with Gasteiger partial charge in [-0.15, -0.1) is 5.97 Å². The van der Waals surface area contributed by atoms with Crippen LogP contribution in [0.15, 0.2) is 54.6 Å². The lowest BCUT2D eigenvalue weighted by Gasteiger charge is -2.41. The quantitative estimate of drug-likeness (QED) is 0.652. The molecule has 0 fully saturated rings. The molecule has 3 rings (SSSR count). The molecule has 1 nitrogen and oxygen atoms in total. The van der Waals surface area contributed by atoms with E-state index in [1.165, 1.54) is 44.3 Å². The summed E-state index contributed by atoms with van der Waals surface area (Å²) in [6, 6.07) is 19.2. The molecule has 0 unspecified atom stereocenters. The van der Waals surface area contributed by atoms with Crippen LogP contribution in [0.5, 0.6) is 0 Å². The van der Waals surface area contributed by atoms with Crippen molar-refractivity contribution in [1.29, 1.82) is 5.26 Å². The first-order chi connectivity index (χ1) is 12.8. The Labute approximate surface area is 163 Å². The summed E-state index contributed by atoms with van der Waals surface area (Å²) in [5, 5.41) is 10.8. The van der Waals surface area contributed by atoms with E-state index in [0.717, 1.165) is 5.46 Å². The van der Waals surface area contributed by atoms with E-state index in [4.69, 9.17) is 0 Å². The van der Waals surface area contributed by atoms with Crippen molar-refractivity contribution >= 4 is 22.5 Å².